The first-order valence-corrected chi connectivity index (χ1v) is 10.5. The van der Waals surface area contributed by atoms with Crippen LogP contribution >= 0.6 is 0 Å². The van der Waals surface area contributed by atoms with Crippen molar-refractivity contribution in [2.45, 2.75) is 85.2 Å². The van der Waals surface area contributed by atoms with Crippen LogP contribution in [0.4, 0.5) is 0 Å². The van der Waals surface area contributed by atoms with Crippen LogP contribution in [0, 0.1) is 23.7 Å². The zero-order chi connectivity index (χ0) is 21.9. The normalized spacial score (nSPS) is 32.1. The Morgan fingerprint density at radius 3 is 2.48 bits per heavy atom. The van der Waals surface area contributed by atoms with Gasteiger partial charge in [0.05, 0.1) is 12.0 Å². The first-order valence-electron chi connectivity index (χ1n) is 10.5. The van der Waals surface area contributed by atoms with Crippen LogP contribution in [0.5, 0.6) is 0 Å². The van der Waals surface area contributed by atoms with E-state index in [0.29, 0.717) is 24.8 Å². The van der Waals surface area contributed by atoms with Gasteiger partial charge in [-0.1, -0.05) is 26.8 Å². The average Bonchev–Trinajstić information content (AvgIpc) is 2.96. The second-order valence-corrected chi connectivity index (χ2v) is 8.79. The minimum absolute atomic E-state index is 0.0925. The van der Waals surface area contributed by atoms with Crippen LogP contribution < -0.4 is 0 Å². The molecule has 0 aromatic rings. The van der Waals surface area contributed by atoms with Gasteiger partial charge >= 0.3 is 17.9 Å². The summed E-state index contributed by atoms with van der Waals surface area (Å²) in [6.07, 6.45) is 0.918. The summed E-state index contributed by atoms with van der Waals surface area (Å²) in [7, 11) is 0. The highest BCUT2D eigenvalue weighted by Gasteiger charge is 2.44. The van der Waals surface area contributed by atoms with E-state index in [4.69, 9.17) is 14.2 Å². The van der Waals surface area contributed by atoms with Crippen molar-refractivity contribution in [1.82, 2.24) is 0 Å². The lowest BCUT2D eigenvalue weighted by atomic mass is 9.78. The van der Waals surface area contributed by atoms with E-state index in [1.165, 1.54) is 6.92 Å². The Bertz CT molecular complexity index is 654. The molecule has 1 heterocycles. The van der Waals surface area contributed by atoms with Crippen molar-refractivity contribution in [2.75, 3.05) is 0 Å². The summed E-state index contributed by atoms with van der Waals surface area (Å²) < 4.78 is 16.7. The van der Waals surface area contributed by atoms with E-state index >= 15 is 0 Å². The number of aliphatic hydroxyl groups is 1. The Morgan fingerprint density at radius 1 is 1.24 bits per heavy atom. The zero-order valence-electron chi connectivity index (χ0n) is 18.2. The highest BCUT2D eigenvalue weighted by molar-refractivity contribution is 5.90. The van der Waals surface area contributed by atoms with Crippen LogP contribution in [-0.4, -0.2) is 47.4 Å². The summed E-state index contributed by atoms with van der Waals surface area (Å²) in [6, 6.07) is 0. The minimum atomic E-state index is -0.640. The van der Waals surface area contributed by atoms with E-state index in [-0.39, 0.29) is 29.8 Å². The summed E-state index contributed by atoms with van der Waals surface area (Å²) in [5.41, 5.74) is 0.579. The number of hydrogen-bond acceptors (Lipinski definition) is 7. The van der Waals surface area contributed by atoms with E-state index in [2.05, 4.69) is 0 Å². The van der Waals surface area contributed by atoms with Crippen LogP contribution in [0.1, 0.15) is 60.8 Å². The number of carbonyl (C=O) groups excluding carboxylic acids is 3. The molecule has 1 aliphatic heterocycles. The van der Waals surface area contributed by atoms with Crippen molar-refractivity contribution < 1.29 is 33.7 Å². The molecular formula is C22H34O7. The van der Waals surface area contributed by atoms with Crippen molar-refractivity contribution in [1.29, 1.82) is 0 Å². The van der Waals surface area contributed by atoms with Crippen molar-refractivity contribution in [3.63, 3.8) is 0 Å². The van der Waals surface area contributed by atoms with Crippen LogP contribution in [0.25, 0.3) is 0 Å². The SMILES string of the molecule is CC(=O)O[C@H](C)[C@@H](C)C(=O)O[C@H]1C[C@@H](C)[C@H](O)CC=C2C[C@H](OC2=O)[C@H]1C(C)C. The summed E-state index contributed by atoms with van der Waals surface area (Å²) in [6.45, 7) is 10.6. The van der Waals surface area contributed by atoms with Gasteiger partial charge in [0.15, 0.2) is 0 Å². The number of ether oxygens (including phenoxy) is 3. The van der Waals surface area contributed by atoms with Gasteiger partial charge in [-0.3, -0.25) is 9.59 Å². The third kappa shape index (κ3) is 5.81. The fourth-order valence-corrected chi connectivity index (χ4v) is 4.15. The monoisotopic (exact) mass is 410 g/mol. The second-order valence-electron chi connectivity index (χ2n) is 8.79. The van der Waals surface area contributed by atoms with Crippen LogP contribution in [0.3, 0.4) is 0 Å². The van der Waals surface area contributed by atoms with E-state index in [1.54, 1.807) is 19.9 Å². The van der Waals surface area contributed by atoms with Gasteiger partial charge in [0.25, 0.3) is 0 Å². The van der Waals surface area contributed by atoms with Gasteiger partial charge in [-0.05, 0) is 38.5 Å². The van der Waals surface area contributed by atoms with Gasteiger partial charge in [-0.25, -0.2) is 4.79 Å². The molecule has 1 N–H and O–H groups in total. The van der Waals surface area contributed by atoms with Gasteiger partial charge < -0.3 is 19.3 Å². The highest BCUT2D eigenvalue weighted by Crippen LogP contribution is 2.38. The molecule has 1 saturated heterocycles. The molecule has 1 fully saturated rings. The molecule has 29 heavy (non-hydrogen) atoms. The average molecular weight is 411 g/mol. The predicted octanol–water partition coefficient (Wildman–Crippen LogP) is 2.79. The highest BCUT2D eigenvalue weighted by atomic mass is 16.6. The van der Waals surface area contributed by atoms with Crippen molar-refractivity contribution >= 4 is 17.9 Å². The van der Waals surface area contributed by atoms with E-state index in [9.17, 15) is 19.5 Å². The molecule has 0 unspecified atom stereocenters. The van der Waals surface area contributed by atoms with Crippen LogP contribution in [-0.2, 0) is 28.6 Å². The molecule has 7 atom stereocenters. The maximum Gasteiger partial charge on any atom is 0.334 e. The van der Waals surface area contributed by atoms with Gasteiger partial charge in [0.2, 0.25) is 0 Å². The smallest absolute Gasteiger partial charge is 0.334 e. The van der Waals surface area contributed by atoms with E-state index < -0.39 is 36.2 Å². The molecule has 0 aromatic heterocycles. The maximum atomic E-state index is 12.8. The first-order chi connectivity index (χ1) is 13.5. The molecule has 2 aliphatic rings. The van der Waals surface area contributed by atoms with Crippen molar-refractivity contribution in [3.8, 4) is 0 Å². The third-order valence-electron chi connectivity index (χ3n) is 6.13. The van der Waals surface area contributed by atoms with Gasteiger partial charge in [0, 0.05) is 24.8 Å². The molecule has 2 bridgehead atoms. The molecule has 0 aromatic carbocycles. The molecule has 7 heteroatoms. The Morgan fingerprint density at radius 2 is 1.90 bits per heavy atom. The number of aliphatic hydroxyl groups excluding tert-OH is 1. The quantitative estimate of drug-likeness (QED) is 0.549. The minimum Gasteiger partial charge on any atom is -0.462 e. The van der Waals surface area contributed by atoms with Gasteiger partial charge in [-0.15, -0.1) is 0 Å². The Labute approximate surface area is 172 Å². The summed E-state index contributed by atoms with van der Waals surface area (Å²) in [4.78, 5) is 36.3. The Kier molecular flexibility index (Phi) is 7.86. The number of esters is 3. The molecule has 0 radical (unpaired) electrons. The lowest BCUT2D eigenvalue weighted by Gasteiger charge is -2.36. The Hall–Kier alpha value is -1.89. The summed E-state index contributed by atoms with van der Waals surface area (Å²) in [5.74, 6) is -2.14. The summed E-state index contributed by atoms with van der Waals surface area (Å²) in [5, 5.41) is 10.5. The van der Waals surface area contributed by atoms with E-state index in [0.717, 1.165) is 0 Å². The predicted molar refractivity (Wildman–Crippen MR) is 106 cm³/mol. The molecule has 0 amide bonds. The maximum absolute atomic E-state index is 12.8. The number of fused-ring (bicyclic) bond motifs is 2. The lowest BCUT2D eigenvalue weighted by Crippen LogP contribution is -2.42. The van der Waals surface area contributed by atoms with E-state index in [1.807, 2.05) is 20.8 Å². The molecule has 1 aliphatic carbocycles. The van der Waals surface area contributed by atoms with Gasteiger partial charge in [0.1, 0.15) is 18.3 Å². The second kappa shape index (κ2) is 9.74. The number of hydrogen-bond donors (Lipinski definition) is 1. The lowest BCUT2D eigenvalue weighted by molar-refractivity contribution is -0.170. The zero-order valence-corrected chi connectivity index (χ0v) is 18.2. The Balaban J connectivity index is 2.27. The molecule has 164 valence electrons. The first kappa shape index (κ1) is 23.4. The topological polar surface area (TPSA) is 99.1 Å². The fraction of sp³-hybridized carbons (Fsp3) is 0.773. The van der Waals surface area contributed by atoms with Crippen LogP contribution in [0.15, 0.2) is 11.6 Å². The molecular weight excluding hydrogens is 376 g/mol. The fourth-order valence-electron chi connectivity index (χ4n) is 4.15. The van der Waals surface area contributed by atoms with Crippen molar-refractivity contribution in [3.05, 3.63) is 11.6 Å². The molecule has 0 spiro atoms. The van der Waals surface area contributed by atoms with Gasteiger partial charge in [-0.2, -0.15) is 0 Å². The molecule has 2 rings (SSSR count). The van der Waals surface area contributed by atoms with Crippen LogP contribution in [0.2, 0.25) is 0 Å². The summed E-state index contributed by atoms with van der Waals surface area (Å²) >= 11 is 0. The molecule has 0 saturated carbocycles. The number of rotatable bonds is 5. The largest absolute Gasteiger partial charge is 0.462 e. The standard InChI is InChI=1S/C22H34O7/c1-11(2)20-18(28-21(25)13(4)14(5)27-15(6)23)9-12(3)17(24)8-7-16-10-19(20)29-22(16)26/h7,11-14,17-20,24H,8-10H2,1-6H3/t12-,13-,14-,17-,18+,19+,20+/m1/s1. The third-order valence-corrected chi connectivity index (χ3v) is 6.13. The number of carbonyl (C=O) groups is 3. The van der Waals surface area contributed by atoms with Crippen molar-refractivity contribution in [2.24, 2.45) is 23.7 Å². The molecule has 7 nitrogen and oxygen atoms in total.